The van der Waals surface area contributed by atoms with Crippen LogP contribution >= 0.6 is 0 Å². The molecule has 1 N–H and O–H groups in total. The average molecular weight is 482 g/mol. The van der Waals surface area contributed by atoms with Gasteiger partial charge in [0.15, 0.2) is 11.6 Å². The predicted octanol–water partition coefficient (Wildman–Crippen LogP) is 4.02. The summed E-state index contributed by atoms with van der Waals surface area (Å²) in [7, 11) is 0. The number of amides is 1. The molecule has 2 aromatic rings. The van der Waals surface area contributed by atoms with Gasteiger partial charge in [0.2, 0.25) is 0 Å². The van der Waals surface area contributed by atoms with Crippen LogP contribution in [0.1, 0.15) is 35.7 Å². The number of hydrogen-bond donors (Lipinski definition) is 1. The van der Waals surface area contributed by atoms with Crippen LogP contribution < -0.4 is 0 Å². The monoisotopic (exact) mass is 482 g/mol. The van der Waals surface area contributed by atoms with Crippen molar-refractivity contribution in [3.8, 4) is 11.6 Å². The minimum absolute atomic E-state index is 0.0954. The number of carbonyl (C=O) groups is 1. The summed E-state index contributed by atoms with van der Waals surface area (Å²) in [4.78, 5) is 16.7. The van der Waals surface area contributed by atoms with Gasteiger partial charge in [-0.2, -0.15) is 31.4 Å². The fourth-order valence-electron chi connectivity index (χ4n) is 4.07. The van der Waals surface area contributed by atoms with E-state index in [2.05, 4.69) is 14.8 Å². The lowest BCUT2D eigenvalue weighted by atomic mass is 9.92. The molecule has 2 aliphatic heterocycles. The zero-order valence-corrected chi connectivity index (χ0v) is 16.8. The minimum Gasteiger partial charge on any atom is -0.504 e. The van der Waals surface area contributed by atoms with Crippen LogP contribution in [0.2, 0.25) is 0 Å². The number of pyridine rings is 1. The third-order valence-electron chi connectivity index (χ3n) is 5.67. The van der Waals surface area contributed by atoms with Gasteiger partial charge in [-0.25, -0.2) is 18.9 Å². The number of nitrogens with zero attached hydrogens (tertiary/aromatic N) is 4. The van der Waals surface area contributed by atoms with Crippen molar-refractivity contribution in [1.29, 1.82) is 0 Å². The van der Waals surface area contributed by atoms with Gasteiger partial charge in [-0.05, 0) is 31.7 Å². The average Bonchev–Trinajstić information content (AvgIpc) is 3.07. The molecule has 0 unspecified atom stereocenters. The summed E-state index contributed by atoms with van der Waals surface area (Å²) in [6.45, 7) is -0.374. The summed E-state index contributed by atoms with van der Waals surface area (Å²) < 4.78 is 94.4. The van der Waals surface area contributed by atoms with Crippen molar-refractivity contribution >= 4 is 6.09 Å². The van der Waals surface area contributed by atoms with E-state index in [0.29, 0.717) is 29.9 Å². The number of hydrogen-bond acceptors (Lipinski definition) is 5. The molecule has 0 saturated carbocycles. The van der Waals surface area contributed by atoms with Crippen molar-refractivity contribution in [3.05, 3.63) is 35.0 Å². The first-order valence-electron chi connectivity index (χ1n) is 9.90. The molecule has 0 atom stereocenters. The van der Waals surface area contributed by atoms with E-state index in [0.717, 1.165) is 11.1 Å². The fraction of sp³-hybridized carbons (Fsp3) is 0.526. The van der Waals surface area contributed by atoms with Gasteiger partial charge in [-0.3, -0.25) is 0 Å². The molecule has 14 heteroatoms. The Morgan fingerprint density at radius 3 is 2.36 bits per heavy atom. The molecule has 0 bridgehead atoms. The van der Waals surface area contributed by atoms with Crippen LogP contribution in [0, 0.1) is 5.82 Å². The molecule has 4 heterocycles. The molecular weight excluding hydrogens is 465 g/mol. The van der Waals surface area contributed by atoms with Gasteiger partial charge in [-0.15, -0.1) is 0 Å². The van der Waals surface area contributed by atoms with Gasteiger partial charge in [0.25, 0.3) is 6.10 Å². The number of piperidine rings is 1. The van der Waals surface area contributed by atoms with E-state index in [1.807, 2.05) is 0 Å². The number of halogens is 7. The molecule has 0 spiro atoms. The van der Waals surface area contributed by atoms with Gasteiger partial charge >= 0.3 is 18.4 Å². The van der Waals surface area contributed by atoms with Crippen molar-refractivity contribution in [2.75, 3.05) is 13.1 Å². The normalized spacial score (nSPS) is 17.2. The van der Waals surface area contributed by atoms with E-state index in [4.69, 9.17) is 0 Å². The number of aryl methyl sites for hydroxylation is 1. The molecule has 0 radical (unpaired) electrons. The van der Waals surface area contributed by atoms with Crippen LogP contribution in [0.15, 0.2) is 12.3 Å². The molecule has 180 valence electrons. The SMILES string of the molecule is O=C(OC(C(F)(F)F)C(F)(F)F)N1CCC(c2nn3c(c2O)CCc2cc(F)cnc2-3)CC1. The van der Waals surface area contributed by atoms with E-state index in [9.17, 15) is 40.6 Å². The van der Waals surface area contributed by atoms with Crippen molar-refractivity contribution in [3.63, 3.8) is 0 Å². The highest BCUT2D eigenvalue weighted by molar-refractivity contribution is 5.68. The molecule has 0 aromatic carbocycles. The van der Waals surface area contributed by atoms with Crippen molar-refractivity contribution in [2.24, 2.45) is 0 Å². The molecule has 1 saturated heterocycles. The highest BCUT2D eigenvalue weighted by Gasteiger charge is 2.60. The van der Waals surface area contributed by atoms with Crippen LogP contribution in [0.4, 0.5) is 35.5 Å². The van der Waals surface area contributed by atoms with Crippen LogP contribution in [-0.2, 0) is 17.6 Å². The first-order chi connectivity index (χ1) is 15.4. The van der Waals surface area contributed by atoms with Gasteiger partial charge in [0, 0.05) is 24.6 Å². The summed E-state index contributed by atoms with van der Waals surface area (Å²) >= 11 is 0. The number of aromatic nitrogens is 3. The van der Waals surface area contributed by atoms with Crippen LogP contribution in [0.25, 0.3) is 5.82 Å². The number of aromatic hydroxyl groups is 1. The summed E-state index contributed by atoms with van der Waals surface area (Å²) in [5, 5.41) is 15.0. The third kappa shape index (κ3) is 4.42. The summed E-state index contributed by atoms with van der Waals surface area (Å²) in [5.41, 5.74) is 1.36. The lowest BCUT2D eigenvalue weighted by molar-refractivity contribution is -0.308. The molecule has 7 nitrogen and oxygen atoms in total. The van der Waals surface area contributed by atoms with Gasteiger partial charge in [0.1, 0.15) is 11.5 Å². The maximum atomic E-state index is 13.4. The molecule has 1 fully saturated rings. The number of likely N-dealkylation sites (tertiary alicyclic amines) is 1. The fourth-order valence-corrected chi connectivity index (χ4v) is 4.07. The second-order valence-electron chi connectivity index (χ2n) is 7.84. The molecule has 2 aromatic heterocycles. The molecule has 4 rings (SSSR count). The maximum Gasteiger partial charge on any atom is 0.434 e. The summed E-state index contributed by atoms with van der Waals surface area (Å²) in [6.07, 6.45) is -15.4. The lowest BCUT2D eigenvalue weighted by Gasteiger charge is -2.32. The third-order valence-corrected chi connectivity index (χ3v) is 5.67. The van der Waals surface area contributed by atoms with E-state index >= 15 is 0 Å². The Balaban J connectivity index is 1.46. The molecule has 2 aliphatic rings. The Bertz CT molecular complexity index is 1040. The summed E-state index contributed by atoms with van der Waals surface area (Å²) in [5.74, 6) is -0.643. The van der Waals surface area contributed by atoms with E-state index in [1.54, 1.807) is 0 Å². The van der Waals surface area contributed by atoms with E-state index in [-0.39, 0.29) is 37.4 Å². The largest absolute Gasteiger partial charge is 0.504 e. The van der Waals surface area contributed by atoms with Crippen molar-refractivity contribution < 1.29 is 45.4 Å². The second-order valence-corrected chi connectivity index (χ2v) is 7.84. The zero-order valence-electron chi connectivity index (χ0n) is 16.8. The highest BCUT2D eigenvalue weighted by Crippen LogP contribution is 2.40. The number of fused-ring (bicyclic) bond motifs is 3. The Morgan fingerprint density at radius 1 is 1.12 bits per heavy atom. The van der Waals surface area contributed by atoms with E-state index in [1.165, 1.54) is 10.7 Å². The first-order valence-corrected chi connectivity index (χ1v) is 9.90. The molecular formula is C19H17F7N4O3. The second kappa shape index (κ2) is 8.06. The Labute approximate surface area is 181 Å². The molecule has 1 amide bonds. The maximum absolute atomic E-state index is 13.4. The predicted molar refractivity (Wildman–Crippen MR) is 96.3 cm³/mol. The van der Waals surface area contributed by atoms with Crippen molar-refractivity contribution in [1.82, 2.24) is 19.7 Å². The number of alkyl halides is 6. The number of carbonyl (C=O) groups excluding carboxylic acids is 1. The van der Waals surface area contributed by atoms with Gasteiger partial charge in [0.05, 0.1) is 11.9 Å². The number of rotatable bonds is 2. The topological polar surface area (TPSA) is 80.5 Å². The van der Waals surface area contributed by atoms with Crippen molar-refractivity contribution in [2.45, 2.75) is 50.1 Å². The quantitative estimate of drug-likeness (QED) is 0.655. The van der Waals surface area contributed by atoms with Crippen LogP contribution in [0.3, 0.4) is 0 Å². The molecule has 0 aliphatic carbocycles. The Kier molecular flexibility index (Phi) is 5.65. The smallest absolute Gasteiger partial charge is 0.434 e. The first kappa shape index (κ1) is 23.1. The zero-order chi connectivity index (χ0) is 24.1. The van der Waals surface area contributed by atoms with Gasteiger partial charge < -0.3 is 14.7 Å². The summed E-state index contributed by atoms with van der Waals surface area (Å²) in [6, 6.07) is 1.32. The Morgan fingerprint density at radius 2 is 1.76 bits per heavy atom. The van der Waals surface area contributed by atoms with E-state index < -0.39 is 36.3 Å². The number of ether oxygens (including phenoxy) is 1. The minimum atomic E-state index is -5.79. The standard InChI is InChI=1S/C19H17F7N4O3/c20-11-7-10-1-2-12-14(31)13(28-30(12)15(10)27-8-11)9-3-5-29(6-4-9)17(32)33-16(18(21,22)23)19(24,25)26/h7-9,16,31H,1-6H2. The highest BCUT2D eigenvalue weighted by atomic mass is 19.4. The van der Waals surface area contributed by atoms with Gasteiger partial charge in [-0.1, -0.05) is 0 Å². The van der Waals surface area contributed by atoms with Crippen LogP contribution in [0.5, 0.6) is 5.75 Å². The van der Waals surface area contributed by atoms with Crippen LogP contribution in [-0.4, -0.2) is 62.4 Å². The Hall–Kier alpha value is -3.06. The molecule has 33 heavy (non-hydrogen) atoms. The lowest BCUT2D eigenvalue weighted by Crippen LogP contribution is -2.49.